The second kappa shape index (κ2) is 8.71. The van der Waals surface area contributed by atoms with Crippen LogP contribution >= 0.6 is 0 Å². The SMILES string of the molecule is COc1ccc(OC)c([C@H]2c3[nH]c4ccccc4c3C[C@H]3C(=O)N(Cc4cccnc4)CC(=O)N23)c1. The average molecular weight is 483 g/mol. The molecule has 182 valence electrons. The molecular weight excluding hydrogens is 456 g/mol. The van der Waals surface area contributed by atoms with Crippen LogP contribution in [0.3, 0.4) is 0 Å². The van der Waals surface area contributed by atoms with Crippen LogP contribution in [-0.4, -0.2) is 58.4 Å². The van der Waals surface area contributed by atoms with Crippen LogP contribution in [0.2, 0.25) is 0 Å². The third-order valence-electron chi connectivity index (χ3n) is 7.17. The zero-order valence-electron chi connectivity index (χ0n) is 20.1. The second-order valence-corrected chi connectivity index (χ2v) is 9.15. The lowest BCUT2D eigenvalue weighted by molar-refractivity contribution is -0.159. The molecule has 0 saturated carbocycles. The zero-order chi connectivity index (χ0) is 24.8. The molecule has 2 aromatic carbocycles. The van der Waals surface area contributed by atoms with E-state index in [1.807, 2.05) is 48.5 Å². The van der Waals surface area contributed by atoms with Gasteiger partial charge < -0.3 is 24.3 Å². The number of methoxy groups -OCH3 is 2. The van der Waals surface area contributed by atoms with Gasteiger partial charge in [0.1, 0.15) is 30.1 Å². The van der Waals surface area contributed by atoms with E-state index < -0.39 is 12.1 Å². The summed E-state index contributed by atoms with van der Waals surface area (Å²) in [6, 6.07) is 16.2. The topological polar surface area (TPSA) is 87.8 Å². The Bertz CT molecular complexity index is 1470. The number of hydrogen-bond donors (Lipinski definition) is 1. The Morgan fingerprint density at radius 1 is 1.06 bits per heavy atom. The Hall–Kier alpha value is -4.33. The van der Waals surface area contributed by atoms with Gasteiger partial charge in [-0.1, -0.05) is 24.3 Å². The van der Waals surface area contributed by atoms with Gasteiger partial charge in [0.05, 0.1) is 14.2 Å². The fourth-order valence-corrected chi connectivity index (χ4v) is 5.55. The molecule has 8 heteroatoms. The van der Waals surface area contributed by atoms with Gasteiger partial charge in [0.15, 0.2) is 0 Å². The van der Waals surface area contributed by atoms with E-state index in [9.17, 15) is 9.59 Å². The first-order chi connectivity index (χ1) is 17.6. The van der Waals surface area contributed by atoms with Gasteiger partial charge in [-0.25, -0.2) is 0 Å². The van der Waals surface area contributed by atoms with Gasteiger partial charge in [0, 0.05) is 47.5 Å². The molecule has 1 fully saturated rings. The quantitative estimate of drug-likeness (QED) is 0.471. The molecular formula is C28H26N4O4. The fourth-order valence-electron chi connectivity index (χ4n) is 5.55. The summed E-state index contributed by atoms with van der Waals surface area (Å²) in [6.45, 7) is 0.346. The number of carbonyl (C=O) groups excluding carboxylic acids is 2. The third kappa shape index (κ3) is 3.48. The third-order valence-corrected chi connectivity index (χ3v) is 7.17. The van der Waals surface area contributed by atoms with Gasteiger partial charge in [0.2, 0.25) is 11.8 Å². The number of nitrogens with one attached hydrogen (secondary N) is 1. The molecule has 1 N–H and O–H groups in total. The molecule has 4 aromatic rings. The monoisotopic (exact) mass is 482 g/mol. The number of rotatable bonds is 5. The normalized spacial score (nSPS) is 19.3. The first-order valence-corrected chi connectivity index (χ1v) is 11.9. The highest BCUT2D eigenvalue weighted by Gasteiger charge is 2.48. The minimum Gasteiger partial charge on any atom is -0.497 e. The lowest BCUT2D eigenvalue weighted by atomic mass is 9.85. The molecule has 0 spiro atoms. The van der Waals surface area contributed by atoms with Gasteiger partial charge in [-0.05, 0) is 41.5 Å². The van der Waals surface area contributed by atoms with E-state index >= 15 is 0 Å². The number of aromatic amines is 1. The van der Waals surface area contributed by atoms with Crippen LogP contribution in [0.4, 0.5) is 0 Å². The molecule has 0 unspecified atom stereocenters. The van der Waals surface area contributed by atoms with E-state index in [0.717, 1.165) is 33.3 Å². The van der Waals surface area contributed by atoms with Crippen LogP contribution < -0.4 is 9.47 Å². The lowest BCUT2D eigenvalue weighted by Gasteiger charge is -2.47. The first-order valence-electron chi connectivity index (χ1n) is 11.9. The molecule has 0 aliphatic carbocycles. The number of pyridine rings is 1. The number of benzene rings is 2. The van der Waals surface area contributed by atoms with Gasteiger partial charge in [-0.2, -0.15) is 0 Å². The van der Waals surface area contributed by atoms with Crippen LogP contribution in [0, 0.1) is 0 Å². The van der Waals surface area contributed by atoms with Gasteiger partial charge in [0.25, 0.3) is 0 Å². The molecule has 2 aliphatic heterocycles. The summed E-state index contributed by atoms with van der Waals surface area (Å²) in [4.78, 5) is 38.7. The van der Waals surface area contributed by atoms with Crippen molar-refractivity contribution in [3.8, 4) is 11.5 Å². The predicted octanol–water partition coefficient (Wildman–Crippen LogP) is 3.47. The van der Waals surface area contributed by atoms with Crippen LogP contribution in [-0.2, 0) is 22.6 Å². The molecule has 0 bridgehead atoms. The summed E-state index contributed by atoms with van der Waals surface area (Å²) in [6.07, 6.45) is 3.86. The first kappa shape index (κ1) is 22.2. The molecule has 6 rings (SSSR count). The van der Waals surface area contributed by atoms with E-state index in [2.05, 4.69) is 16.0 Å². The van der Waals surface area contributed by atoms with Crippen molar-refractivity contribution in [2.24, 2.45) is 0 Å². The van der Waals surface area contributed by atoms with E-state index in [1.54, 1.807) is 36.4 Å². The molecule has 4 heterocycles. The Labute approximate surface area is 208 Å². The minimum absolute atomic E-state index is 0.00255. The number of fused-ring (bicyclic) bond motifs is 4. The maximum Gasteiger partial charge on any atom is 0.246 e. The van der Waals surface area contributed by atoms with E-state index in [4.69, 9.17) is 9.47 Å². The Morgan fingerprint density at radius 2 is 1.92 bits per heavy atom. The highest BCUT2D eigenvalue weighted by atomic mass is 16.5. The van der Waals surface area contributed by atoms with E-state index in [0.29, 0.717) is 24.5 Å². The summed E-state index contributed by atoms with van der Waals surface area (Å²) in [5.74, 6) is 1.10. The lowest BCUT2D eigenvalue weighted by Crippen LogP contribution is -2.62. The van der Waals surface area contributed by atoms with Crippen molar-refractivity contribution in [1.82, 2.24) is 19.8 Å². The summed E-state index contributed by atoms with van der Waals surface area (Å²) in [7, 11) is 3.21. The summed E-state index contributed by atoms with van der Waals surface area (Å²) in [5.41, 5.74) is 4.59. The number of ether oxygens (including phenoxy) is 2. The molecule has 36 heavy (non-hydrogen) atoms. The van der Waals surface area contributed by atoms with Crippen LogP contribution in [0.5, 0.6) is 11.5 Å². The zero-order valence-corrected chi connectivity index (χ0v) is 20.1. The molecule has 2 aromatic heterocycles. The van der Waals surface area contributed by atoms with Crippen molar-refractivity contribution in [2.75, 3.05) is 20.8 Å². The number of aromatic nitrogens is 2. The van der Waals surface area contributed by atoms with Crippen molar-refractivity contribution in [3.63, 3.8) is 0 Å². The number of amides is 2. The van der Waals surface area contributed by atoms with Crippen molar-refractivity contribution >= 4 is 22.7 Å². The summed E-state index contributed by atoms with van der Waals surface area (Å²) < 4.78 is 11.2. The Balaban J connectivity index is 1.50. The second-order valence-electron chi connectivity index (χ2n) is 9.15. The van der Waals surface area contributed by atoms with Crippen LogP contribution in [0.15, 0.2) is 67.0 Å². The van der Waals surface area contributed by atoms with Gasteiger partial charge >= 0.3 is 0 Å². The van der Waals surface area contributed by atoms with Crippen molar-refractivity contribution in [3.05, 3.63) is 89.4 Å². The Kier molecular flexibility index (Phi) is 5.36. The number of carbonyl (C=O) groups is 2. The largest absolute Gasteiger partial charge is 0.497 e. The predicted molar refractivity (Wildman–Crippen MR) is 134 cm³/mol. The minimum atomic E-state index is -0.629. The molecule has 2 amide bonds. The highest BCUT2D eigenvalue weighted by molar-refractivity contribution is 5.97. The summed E-state index contributed by atoms with van der Waals surface area (Å²) >= 11 is 0. The van der Waals surface area contributed by atoms with Crippen molar-refractivity contribution < 1.29 is 19.1 Å². The van der Waals surface area contributed by atoms with Crippen molar-refractivity contribution in [1.29, 1.82) is 0 Å². The molecule has 2 aliphatic rings. The van der Waals surface area contributed by atoms with Crippen LogP contribution in [0.25, 0.3) is 10.9 Å². The smallest absolute Gasteiger partial charge is 0.246 e. The highest BCUT2D eigenvalue weighted by Crippen LogP contribution is 2.45. The number of nitrogens with zero attached hydrogens (tertiary/aromatic N) is 3. The van der Waals surface area contributed by atoms with E-state index in [-0.39, 0.29) is 18.4 Å². The maximum absolute atomic E-state index is 13.9. The van der Waals surface area contributed by atoms with Crippen LogP contribution in [0.1, 0.15) is 28.4 Å². The molecule has 1 saturated heterocycles. The average Bonchev–Trinajstić information content (AvgIpc) is 3.29. The number of hydrogen-bond acceptors (Lipinski definition) is 5. The fraction of sp³-hybridized carbons (Fsp3) is 0.250. The van der Waals surface area contributed by atoms with E-state index in [1.165, 1.54) is 0 Å². The number of para-hydroxylation sites is 1. The van der Waals surface area contributed by atoms with Gasteiger partial charge in [-0.3, -0.25) is 14.6 Å². The molecule has 2 atom stereocenters. The number of piperazine rings is 1. The molecule has 0 radical (unpaired) electrons. The Morgan fingerprint density at radius 3 is 2.69 bits per heavy atom. The maximum atomic E-state index is 13.9. The van der Waals surface area contributed by atoms with Gasteiger partial charge in [-0.15, -0.1) is 0 Å². The van der Waals surface area contributed by atoms with Crippen molar-refractivity contribution in [2.45, 2.75) is 25.0 Å². The summed E-state index contributed by atoms with van der Waals surface area (Å²) in [5, 5.41) is 1.06. The number of H-pyrrole nitrogens is 1. The molecule has 8 nitrogen and oxygen atoms in total. The standard InChI is InChI=1S/C28H26N4O4/c1-35-18-9-10-24(36-2)21(12-18)27-26-20(19-7-3-4-8-22(19)30-26)13-23-28(34)31(16-25(33)32(23)27)15-17-6-5-11-29-14-17/h3-12,14,23,27,30H,13,15-16H2,1-2H3/t23-,27-/m0/s1.